The van der Waals surface area contributed by atoms with E-state index >= 15 is 0 Å². The maximum atomic E-state index is 12.5. The molecule has 3 rings (SSSR count). The summed E-state index contributed by atoms with van der Waals surface area (Å²) in [5.74, 6) is 0.225. The molecule has 0 radical (unpaired) electrons. The molecule has 0 unspecified atom stereocenters. The molecule has 0 aliphatic carbocycles. The Bertz CT molecular complexity index is 462. The van der Waals surface area contributed by atoms with Crippen molar-refractivity contribution in [3.8, 4) is 0 Å². The van der Waals surface area contributed by atoms with E-state index in [-0.39, 0.29) is 5.91 Å². The molecule has 2 heterocycles. The third-order valence-electron chi connectivity index (χ3n) is 4.23. The van der Waals surface area contributed by atoms with Crippen molar-refractivity contribution in [1.82, 2.24) is 10.2 Å². The van der Waals surface area contributed by atoms with Crippen LogP contribution < -0.4 is 5.32 Å². The minimum absolute atomic E-state index is 0.225. The molecule has 1 fully saturated rings. The number of fused-ring (bicyclic) bond motifs is 1. The van der Waals surface area contributed by atoms with E-state index in [9.17, 15) is 4.79 Å². The zero-order chi connectivity index (χ0) is 13.1. The maximum absolute atomic E-state index is 12.5. The van der Waals surface area contributed by atoms with Gasteiger partial charge in [0.05, 0.1) is 0 Å². The minimum atomic E-state index is 0.225. The van der Waals surface area contributed by atoms with Crippen LogP contribution in [0, 0.1) is 0 Å². The number of nitrogens with one attached hydrogen (secondary N) is 1. The van der Waals surface area contributed by atoms with Crippen molar-refractivity contribution >= 4 is 5.91 Å². The van der Waals surface area contributed by atoms with Crippen molar-refractivity contribution in [3.63, 3.8) is 0 Å². The fourth-order valence-corrected chi connectivity index (χ4v) is 3.07. The molecule has 2 aliphatic heterocycles. The van der Waals surface area contributed by atoms with Crippen LogP contribution in [-0.2, 0) is 13.0 Å². The molecular weight excluding hydrogens is 236 g/mol. The number of nitrogens with zero attached hydrogens (tertiary/aromatic N) is 1. The van der Waals surface area contributed by atoms with Gasteiger partial charge in [-0.15, -0.1) is 0 Å². The molecular formula is C16H22N2O. The van der Waals surface area contributed by atoms with Crippen LogP contribution in [0.1, 0.15) is 47.2 Å². The molecule has 1 aromatic rings. The number of likely N-dealkylation sites (tertiary alicyclic amines) is 1. The topological polar surface area (TPSA) is 32.3 Å². The third-order valence-corrected chi connectivity index (χ3v) is 4.23. The number of benzene rings is 1. The van der Waals surface area contributed by atoms with E-state index in [1.54, 1.807) is 0 Å². The van der Waals surface area contributed by atoms with Gasteiger partial charge in [0.1, 0.15) is 0 Å². The Hall–Kier alpha value is -1.35. The van der Waals surface area contributed by atoms with Crippen LogP contribution in [0.15, 0.2) is 18.2 Å². The quantitative estimate of drug-likeness (QED) is 0.838. The summed E-state index contributed by atoms with van der Waals surface area (Å²) in [5, 5.41) is 3.37. The SMILES string of the molecule is O=C(c1ccc2c(c1)CCNC2)N1CCCCCC1. The predicted octanol–water partition coefficient (Wildman–Crippen LogP) is 2.35. The van der Waals surface area contributed by atoms with Crippen molar-refractivity contribution in [2.45, 2.75) is 38.6 Å². The van der Waals surface area contributed by atoms with E-state index in [0.717, 1.165) is 51.0 Å². The highest BCUT2D eigenvalue weighted by Crippen LogP contribution is 2.18. The van der Waals surface area contributed by atoms with Gasteiger partial charge < -0.3 is 10.2 Å². The molecule has 1 N–H and O–H groups in total. The molecule has 1 aromatic carbocycles. The lowest BCUT2D eigenvalue weighted by atomic mass is 9.98. The lowest BCUT2D eigenvalue weighted by Gasteiger charge is -2.22. The van der Waals surface area contributed by atoms with Gasteiger partial charge in [-0.25, -0.2) is 0 Å². The first-order valence-corrected chi connectivity index (χ1v) is 7.46. The number of carbonyl (C=O) groups excluding carboxylic acids is 1. The molecule has 0 aromatic heterocycles. The molecule has 0 saturated carbocycles. The van der Waals surface area contributed by atoms with Crippen LogP contribution in [0.2, 0.25) is 0 Å². The monoisotopic (exact) mass is 258 g/mol. The van der Waals surface area contributed by atoms with Gasteiger partial charge in [0.25, 0.3) is 5.91 Å². The molecule has 19 heavy (non-hydrogen) atoms. The van der Waals surface area contributed by atoms with Crippen molar-refractivity contribution < 1.29 is 4.79 Å². The van der Waals surface area contributed by atoms with E-state index in [4.69, 9.17) is 0 Å². The van der Waals surface area contributed by atoms with Crippen molar-refractivity contribution in [2.24, 2.45) is 0 Å². The molecule has 1 saturated heterocycles. The number of hydrogen-bond donors (Lipinski definition) is 1. The van der Waals surface area contributed by atoms with E-state index in [1.807, 2.05) is 11.0 Å². The highest BCUT2D eigenvalue weighted by Gasteiger charge is 2.18. The highest BCUT2D eigenvalue weighted by molar-refractivity contribution is 5.94. The van der Waals surface area contributed by atoms with Crippen LogP contribution in [0.25, 0.3) is 0 Å². The Balaban J connectivity index is 1.78. The van der Waals surface area contributed by atoms with Gasteiger partial charge in [-0.3, -0.25) is 4.79 Å². The van der Waals surface area contributed by atoms with Crippen LogP contribution in [0.5, 0.6) is 0 Å². The third kappa shape index (κ3) is 2.81. The van der Waals surface area contributed by atoms with Gasteiger partial charge in [0.15, 0.2) is 0 Å². The van der Waals surface area contributed by atoms with Gasteiger partial charge in [-0.05, 0) is 49.1 Å². The Morgan fingerprint density at radius 2 is 1.84 bits per heavy atom. The second-order valence-corrected chi connectivity index (χ2v) is 5.62. The van der Waals surface area contributed by atoms with Gasteiger partial charge in [0.2, 0.25) is 0 Å². The lowest BCUT2D eigenvalue weighted by molar-refractivity contribution is 0.0761. The average molecular weight is 258 g/mol. The van der Waals surface area contributed by atoms with Gasteiger partial charge in [-0.1, -0.05) is 18.9 Å². The Kier molecular flexibility index (Phi) is 3.83. The fourth-order valence-electron chi connectivity index (χ4n) is 3.07. The van der Waals surface area contributed by atoms with Gasteiger partial charge in [-0.2, -0.15) is 0 Å². The molecule has 1 amide bonds. The van der Waals surface area contributed by atoms with Crippen molar-refractivity contribution in [2.75, 3.05) is 19.6 Å². The summed E-state index contributed by atoms with van der Waals surface area (Å²) in [4.78, 5) is 14.6. The first-order chi connectivity index (χ1) is 9.34. The normalized spacial score (nSPS) is 19.7. The Morgan fingerprint density at radius 3 is 2.63 bits per heavy atom. The zero-order valence-electron chi connectivity index (χ0n) is 11.5. The molecule has 0 bridgehead atoms. The first kappa shape index (κ1) is 12.7. The summed E-state index contributed by atoms with van der Waals surface area (Å²) in [6, 6.07) is 6.23. The van der Waals surface area contributed by atoms with Crippen LogP contribution in [-0.4, -0.2) is 30.4 Å². The molecule has 0 spiro atoms. The van der Waals surface area contributed by atoms with Gasteiger partial charge >= 0.3 is 0 Å². The van der Waals surface area contributed by atoms with Crippen LogP contribution in [0.4, 0.5) is 0 Å². The number of amides is 1. The molecule has 0 atom stereocenters. The summed E-state index contributed by atoms with van der Waals surface area (Å²) in [7, 11) is 0. The first-order valence-electron chi connectivity index (χ1n) is 7.46. The van der Waals surface area contributed by atoms with Crippen molar-refractivity contribution in [1.29, 1.82) is 0 Å². The largest absolute Gasteiger partial charge is 0.339 e. The van der Waals surface area contributed by atoms with Crippen LogP contribution >= 0.6 is 0 Å². The summed E-state index contributed by atoms with van der Waals surface area (Å²) < 4.78 is 0. The minimum Gasteiger partial charge on any atom is -0.339 e. The fraction of sp³-hybridized carbons (Fsp3) is 0.562. The number of rotatable bonds is 1. The number of carbonyl (C=O) groups is 1. The van der Waals surface area contributed by atoms with Crippen LogP contribution in [0.3, 0.4) is 0 Å². The Labute approximate surface area is 115 Å². The molecule has 3 nitrogen and oxygen atoms in total. The zero-order valence-corrected chi connectivity index (χ0v) is 11.5. The van der Waals surface area contributed by atoms with E-state index < -0.39 is 0 Å². The molecule has 102 valence electrons. The van der Waals surface area contributed by atoms with E-state index in [1.165, 1.54) is 24.0 Å². The van der Waals surface area contributed by atoms with E-state index in [2.05, 4.69) is 17.4 Å². The highest BCUT2D eigenvalue weighted by atomic mass is 16.2. The summed E-state index contributed by atoms with van der Waals surface area (Å²) in [6.07, 6.45) is 5.87. The summed E-state index contributed by atoms with van der Waals surface area (Å²) >= 11 is 0. The van der Waals surface area contributed by atoms with Crippen molar-refractivity contribution in [3.05, 3.63) is 34.9 Å². The summed E-state index contributed by atoms with van der Waals surface area (Å²) in [6.45, 7) is 3.82. The second kappa shape index (κ2) is 5.74. The smallest absolute Gasteiger partial charge is 0.253 e. The second-order valence-electron chi connectivity index (χ2n) is 5.62. The lowest BCUT2D eigenvalue weighted by Crippen LogP contribution is -2.32. The van der Waals surface area contributed by atoms with E-state index in [0.29, 0.717) is 0 Å². The molecule has 3 heteroatoms. The van der Waals surface area contributed by atoms with Gasteiger partial charge in [0, 0.05) is 25.2 Å². The Morgan fingerprint density at radius 1 is 1.05 bits per heavy atom. The standard InChI is InChI=1S/C16H22N2O/c19-16(18-9-3-1-2-4-10-18)14-5-6-15-12-17-8-7-13(15)11-14/h5-6,11,17H,1-4,7-10,12H2. The maximum Gasteiger partial charge on any atom is 0.253 e. The number of hydrogen-bond acceptors (Lipinski definition) is 2. The average Bonchev–Trinajstić information content (AvgIpc) is 2.75. The summed E-state index contributed by atoms with van der Waals surface area (Å²) in [5.41, 5.74) is 3.57. The molecule has 2 aliphatic rings. The predicted molar refractivity (Wildman–Crippen MR) is 76.2 cm³/mol.